The number of nitrogens with two attached hydrogens (primary N) is 1. The van der Waals surface area contributed by atoms with Crippen molar-refractivity contribution in [2.75, 3.05) is 6.61 Å². The van der Waals surface area contributed by atoms with Crippen LogP contribution in [0.5, 0.6) is 5.75 Å². The summed E-state index contributed by atoms with van der Waals surface area (Å²) in [5.74, 6) is 1.39. The van der Waals surface area contributed by atoms with Gasteiger partial charge in [0.1, 0.15) is 5.75 Å². The third kappa shape index (κ3) is 2.90. The maximum absolute atomic E-state index is 6.19. The van der Waals surface area contributed by atoms with Gasteiger partial charge in [-0.15, -0.1) is 0 Å². The predicted molar refractivity (Wildman–Crippen MR) is 105 cm³/mol. The highest BCUT2D eigenvalue weighted by Gasteiger charge is 2.21. The molecule has 0 saturated carbocycles. The number of hydrogen-bond donors (Lipinski definition) is 2. The molecule has 3 aromatic rings. The molecule has 0 fully saturated rings. The van der Waals surface area contributed by atoms with E-state index in [1.807, 2.05) is 18.2 Å². The molecule has 0 bridgehead atoms. The molecule has 5 nitrogen and oxygen atoms in total. The third-order valence-corrected chi connectivity index (χ3v) is 5.19. The largest absolute Gasteiger partial charge is 0.493 e. The van der Waals surface area contributed by atoms with Crippen LogP contribution in [0.1, 0.15) is 29.3 Å². The number of rotatable bonds is 3. The molecule has 0 radical (unpaired) electrons. The topological polar surface area (TPSA) is 64.6 Å². The summed E-state index contributed by atoms with van der Waals surface area (Å²) in [6.45, 7) is 3.39. The van der Waals surface area contributed by atoms with Crippen LogP contribution in [0.25, 0.3) is 10.9 Å². The summed E-state index contributed by atoms with van der Waals surface area (Å²) in [6, 6.07) is 16.6. The first-order chi connectivity index (χ1) is 12.6. The molecule has 26 heavy (non-hydrogen) atoms. The van der Waals surface area contributed by atoms with E-state index < -0.39 is 0 Å². The summed E-state index contributed by atoms with van der Waals surface area (Å²) in [4.78, 5) is 4.60. The van der Waals surface area contributed by atoms with Crippen LogP contribution in [0.2, 0.25) is 0 Å². The lowest BCUT2D eigenvalue weighted by molar-refractivity contribution is 0.262. The number of ether oxygens (including phenoxy) is 1. The van der Waals surface area contributed by atoms with Crippen LogP contribution in [0.4, 0.5) is 0 Å². The van der Waals surface area contributed by atoms with Gasteiger partial charge in [0.05, 0.1) is 19.2 Å². The highest BCUT2D eigenvalue weighted by molar-refractivity contribution is 5.85. The van der Waals surface area contributed by atoms with Gasteiger partial charge in [0, 0.05) is 35.6 Å². The number of nitrogens with zero attached hydrogens (tertiary/aromatic N) is 2. The van der Waals surface area contributed by atoms with Crippen LogP contribution in [-0.4, -0.2) is 17.1 Å². The molecule has 1 aromatic heterocycles. The molecule has 1 unspecified atom stereocenters. The summed E-state index contributed by atoms with van der Waals surface area (Å²) >= 11 is 0. The molecule has 4 rings (SSSR count). The van der Waals surface area contributed by atoms with E-state index in [9.17, 15) is 0 Å². The molecule has 0 spiro atoms. The maximum Gasteiger partial charge on any atom is 0.189 e. The number of guanidine groups is 1. The fourth-order valence-electron chi connectivity index (χ4n) is 3.74. The van der Waals surface area contributed by atoms with Gasteiger partial charge in [-0.1, -0.05) is 36.4 Å². The van der Waals surface area contributed by atoms with Crippen molar-refractivity contribution in [3.8, 4) is 5.75 Å². The van der Waals surface area contributed by atoms with Crippen molar-refractivity contribution in [2.45, 2.75) is 25.9 Å². The van der Waals surface area contributed by atoms with Gasteiger partial charge in [0.25, 0.3) is 0 Å². The molecule has 3 N–H and O–H groups in total. The zero-order valence-corrected chi connectivity index (χ0v) is 15.2. The van der Waals surface area contributed by atoms with E-state index in [1.54, 1.807) is 0 Å². The molecule has 5 heteroatoms. The summed E-state index contributed by atoms with van der Waals surface area (Å²) in [7, 11) is 2.08. The van der Waals surface area contributed by atoms with E-state index in [4.69, 9.17) is 10.5 Å². The Kier molecular flexibility index (Phi) is 4.29. The van der Waals surface area contributed by atoms with E-state index in [-0.39, 0.29) is 6.04 Å². The molecule has 2 heterocycles. The first kappa shape index (κ1) is 16.5. The average Bonchev–Trinajstić information content (AvgIpc) is 2.91. The number of fused-ring (bicyclic) bond motifs is 2. The molecule has 134 valence electrons. The Labute approximate surface area is 153 Å². The average molecular weight is 348 g/mol. The zero-order chi connectivity index (χ0) is 18.1. The maximum atomic E-state index is 6.19. The lowest BCUT2D eigenvalue weighted by Gasteiger charge is -2.26. The molecule has 1 atom stereocenters. The second-order valence-corrected chi connectivity index (χ2v) is 6.72. The Bertz CT molecular complexity index is 934. The van der Waals surface area contributed by atoms with Crippen LogP contribution in [0.3, 0.4) is 0 Å². The van der Waals surface area contributed by atoms with Gasteiger partial charge < -0.3 is 20.4 Å². The molecule has 1 aliphatic rings. The summed E-state index contributed by atoms with van der Waals surface area (Å²) in [5, 5.41) is 4.63. The van der Waals surface area contributed by atoms with Crippen LogP contribution in [-0.2, 0) is 13.6 Å². The van der Waals surface area contributed by atoms with E-state index >= 15 is 0 Å². The van der Waals surface area contributed by atoms with Gasteiger partial charge in [-0.05, 0) is 24.6 Å². The minimum atomic E-state index is 0.136. The standard InChI is InChI=1S/C21H24N4O/c1-14-15-7-3-5-9-18(15)25(2)19(14)13-23-21(22)24-17-11-12-26-20-10-6-4-8-16(17)20/h3-10,17H,11-13H2,1-2H3,(H3,22,23,24). The number of aryl methyl sites for hydroxylation is 2. The Balaban J connectivity index is 1.54. The predicted octanol–water partition coefficient (Wildman–Crippen LogP) is 3.41. The number of aliphatic imine (C=N–C) groups is 1. The number of benzene rings is 2. The second-order valence-electron chi connectivity index (χ2n) is 6.72. The molecule has 2 aromatic carbocycles. The van der Waals surface area contributed by atoms with Crippen molar-refractivity contribution >= 4 is 16.9 Å². The fraction of sp³-hybridized carbons (Fsp3) is 0.286. The van der Waals surface area contributed by atoms with Crippen LogP contribution in [0, 0.1) is 6.92 Å². The van der Waals surface area contributed by atoms with Gasteiger partial charge in [0.2, 0.25) is 0 Å². The van der Waals surface area contributed by atoms with Gasteiger partial charge in [-0.3, -0.25) is 0 Å². The number of hydrogen-bond acceptors (Lipinski definition) is 2. The highest BCUT2D eigenvalue weighted by atomic mass is 16.5. The number of para-hydroxylation sites is 2. The smallest absolute Gasteiger partial charge is 0.189 e. The summed E-state index contributed by atoms with van der Waals surface area (Å²) in [6.07, 6.45) is 0.875. The van der Waals surface area contributed by atoms with Crippen LogP contribution in [0.15, 0.2) is 53.5 Å². The lowest BCUT2D eigenvalue weighted by atomic mass is 10.0. The van der Waals surface area contributed by atoms with E-state index in [0.717, 1.165) is 17.7 Å². The van der Waals surface area contributed by atoms with Crippen molar-refractivity contribution in [1.82, 2.24) is 9.88 Å². The van der Waals surface area contributed by atoms with Crippen molar-refractivity contribution in [1.29, 1.82) is 0 Å². The van der Waals surface area contributed by atoms with Gasteiger partial charge in [-0.25, -0.2) is 4.99 Å². The van der Waals surface area contributed by atoms with Gasteiger partial charge in [0.15, 0.2) is 5.96 Å². The van der Waals surface area contributed by atoms with Gasteiger partial charge in [-0.2, -0.15) is 0 Å². The monoisotopic (exact) mass is 348 g/mol. The van der Waals surface area contributed by atoms with Crippen molar-refractivity contribution in [3.05, 3.63) is 65.4 Å². The van der Waals surface area contributed by atoms with Crippen LogP contribution < -0.4 is 15.8 Å². The first-order valence-electron chi connectivity index (χ1n) is 8.96. The Morgan fingerprint density at radius 2 is 2.00 bits per heavy atom. The van der Waals surface area contributed by atoms with Crippen molar-refractivity contribution < 1.29 is 4.74 Å². The molecule has 0 saturated heterocycles. The van der Waals surface area contributed by atoms with Gasteiger partial charge >= 0.3 is 0 Å². The zero-order valence-electron chi connectivity index (χ0n) is 15.2. The molecular formula is C21H24N4O. The summed E-state index contributed by atoms with van der Waals surface area (Å²) in [5.41, 5.74) is 11.0. The third-order valence-electron chi connectivity index (χ3n) is 5.19. The van der Waals surface area contributed by atoms with Crippen molar-refractivity contribution in [3.63, 3.8) is 0 Å². The second kappa shape index (κ2) is 6.75. The number of nitrogens with one attached hydrogen (secondary N) is 1. The first-order valence-corrected chi connectivity index (χ1v) is 8.96. The Hall–Kier alpha value is -2.95. The molecule has 0 aliphatic carbocycles. The normalized spacial score (nSPS) is 17.0. The Morgan fingerprint density at radius 1 is 1.23 bits per heavy atom. The minimum absolute atomic E-state index is 0.136. The minimum Gasteiger partial charge on any atom is -0.493 e. The van der Waals surface area contributed by atoms with E-state index in [1.165, 1.54) is 22.2 Å². The quantitative estimate of drug-likeness (QED) is 0.563. The summed E-state index contributed by atoms with van der Waals surface area (Å²) < 4.78 is 7.91. The lowest BCUT2D eigenvalue weighted by Crippen LogP contribution is -2.37. The molecule has 0 amide bonds. The SMILES string of the molecule is Cc1c(CN=C(N)NC2CCOc3ccccc32)n(C)c2ccccc12. The number of aromatic nitrogens is 1. The molecular weight excluding hydrogens is 324 g/mol. The van der Waals surface area contributed by atoms with E-state index in [2.05, 4.69) is 59.2 Å². The fourth-order valence-corrected chi connectivity index (χ4v) is 3.74. The van der Waals surface area contributed by atoms with Crippen LogP contribution >= 0.6 is 0 Å². The van der Waals surface area contributed by atoms with E-state index in [0.29, 0.717) is 19.1 Å². The van der Waals surface area contributed by atoms with Crippen molar-refractivity contribution in [2.24, 2.45) is 17.8 Å². The Morgan fingerprint density at radius 3 is 2.85 bits per heavy atom. The highest BCUT2D eigenvalue weighted by Crippen LogP contribution is 2.31. The molecule has 1 aliphatic heterocycles.